The van der Waals surface area contributed by atoms with E-state index in [4.69, 9.17) is 9.26 Å². The van der Waals surface area contributed by atoms with Crippen molar-refractivity contribution in [3.8, 4) is 11.5 Å². The number of hydrogen-bond donors (Lipinski definition) is 1. The first-order chi connectivity index (χ1) is 12.4. The Morgan fingerprint density at radius 1 is 1.38 bits per heavy atom. The van der Waals surface area contributed by atoms with Crippen molar-refractivity contribution in [2.45, 2.75) is 26.4 Å². The number of benzene rings is 1. The molecule has 138 valence electrons. The maximum atomic E-state index is 14.4. The number of rotatable bonds is 5. The van der Waals surface area contributed by atoms with Crippen molar-refractivity contribution in [3.05, 3.63) is 29.6 Å². The van der Waals surface area contributed by atoms with Crippen LogP contribution in [0.1, 0.15) is 19.7 Å². The lowest BCUT2D eigenvalue weighted by atomic mass is 10.1. The van der Waals surface area contributed by atoms with Gasteiger partial charge in [-0.25, -0.2) is 13.6 Å². The van der Waals surface area contributed by atoms with E-state index in [1.54, 1.807) is 6.92 Å². The Morgan fingerprint density at radius 3 is 2.65 bits per heavy atom. The van der Waals surface area contributed by atoms with Gasteiger partial charge in [0.2, 0.25) is 5.91 Å². The van der Waals surface area contributed by atoms with Crippen LogP contribution < -0.4 is 10.2 Å². The smallest absolute Gasteiger partial charge is 0.414 e. The molecule has 0 saturated carbocycles. The molecule has 1 aromatic carbocycles. The van der Waals surface area contributed by atoms with Crippen LogP contribution in [0.25, 0.3) is 11.5 Å². The van der Waals surface area contributed by atoms with E-state index in [-0.39, 0.29) is 30.6 Å². The van der Waals surface area contributed by atoms with E-state index in [1.807, 2.05) is 0 Å². The van der Waals surface area contributed by atoms with Crippen molar-refractivity contribution in [2.24, 2.45) is 0 Å². The third-order valence-electron chi connectivity index (χ3n) is 3.79. The fourth-order valence-electron chi connectivity index (χ4n) is 2.52. The van der Waals surface area contributed by atoms with Crippen molar-refractivity contribution in [3.63, 3.8) is 0 Å². The molecule has 0 spiro atoms. The predicted octanol–water partition coefficient (Wildman–Crippen LogP) is 2.04. The molecular weight excluding hydrogens is 350 g/mol. The fraction of sp³-hybridized carbons (Fsp3) is 0.375. The monoisotopic (exact) mass is 366 g/mol. The summed E-state index contributed by atoms with van der Waals surface area (Å²) in [6.07, 6.45) is -0.904. The van der Waals surface area contributed by atoms with Crippen LogP contribution >= 0.6 is 0 Å². The summed E-state index contributed by atoms with van der Waals surface area (Å²) in [4.78, 5) is 27.9. The van der Waals surface area contributed by atoms with Crippen LogP contribution in [-0.2, 0) is 16.0 Å². The van der Waals surface area contributed by atoms with Gasteiger partial charge in [0.15, 0.2) is 5.82 Å². The molecule has 1 aliphatic rings. The molecule has 1 aromatic heterocycles. The van der Waals surface area contributed by atoms with Crippen LogP contribution in [0.3, 0.4) is 0 Å². The van der Waals surface area contributed by atoms with Gasteiger partial charge in [-0.3, -0.25) is 9.69 Å². The fourth-order valence-corrected chi connectivity index (χ4v) is 2.52. The summed E-state index contributed by atoms with van der Waals surface area (Å²) in [5.74, 6) is -2.09. The highest BCUT2D eigenvalue weighted by Gasteiger charge is 2.33. The number of amides is 2. The summed E-state index contributed by atoms with van der Waals surface area (Å²) in [6, 6.07) is 1.99. The summed E-state index contributed by atoms with van der Waals surface area (Å²) in [5, 5.41) is 6.13. The van der Waals surface area contributed by atoms with Crippen LogP contribution in [0.15, 0.2) is 16.7 Å². The molecule has 2 amide bonds. The molecule has 1 aliphatic heterocycles. The van der Waals surface area contributed by atoms with Crippen LogP contribution in [-0.4, -0.2) is 41.3 Å². The Bertz CT molecular complexity index is 832. The van der Waals surface area contributed by atoms with E-state index in [0.717, 1.165) is 17.0 Å². The van der Waals surface area contributed by atoms with Crippen molar-refractivity contribution in [1.29, 1.82) is 0 Å². The second-order valence-corrected chi connectivity index (χ2v) is 5.71. The first kappa shape index (κ1) is 17.8. The van der Waals surface area contributed by atoms with Crippen molar-refractivity contribution in [1.82, 2.24) is 15.5 Å². The molecule has 0 bridgehead atoms. The molecular formula is C16H16F2N4O4. The lowest BCUT2D eigenvalue weighted by Crippen LogP contribution is -2.33. The molecule has 2 aromatic rings. The molecule has 1 fully saturated rings. The highest BCUT2D eigenvalue weighted by molar-refractivity contribution is 5.90. The normalized spacial score (nSPS) is 16.7. The highest BCUT2D eigenvalue weighted by Crippen LogP contribution is 2.31. The minimum atomic E-state index is -0.940. The number of anilines is 1. The topological polar surface area (TPSA) is 97.6 Å². The van der Waals surface area contributed by atoms with Crippen LogP contribution in [0.5, 0.6) is 0 Å². The van der Waals surface area contributed by atoms with E-state index >= 15 is 0 Å². The number of ether oxygens (including phenoxy) is 1. The Balaban J connectivity index is 1.83. The molecule has 0 radical (unpaired) electrons. The van der Waals surface area contributed by atoms with E-state index in [1.165, 1.54) is 6.92 Å². The third-order valence-corrected chi connectivity index (χ3v) is 3.79. The summed E-state index contributed by atoms with van der Waals surface area (Å²) in [5.41, 5.74) is -0.461. The van der Waals surface area contributed by atoms with Gasteiger partial charge in [-0.2, -0.15) is 4.98 Å². The number of carbonyl (C=O) groups excluding carboxylic acids is 2. The largest absolute Gasteiger partial charge is 0.442 e. The number of halogens is 2. The zero-order valence-corrected chi connectivity index (χ0v) is 14.1. The summed E-state index contributed by atoms with van der Waals surface area (Å²) < 4.78 is 38.8. The van der Waals surface area contributed by atoms with Gasteiger partial charge in [0.1, 0.15) is 23.3 Å². The zero-order chi connectivity index (χ0) is 18.8. The third kappa shape index (κ3) is 3.48. The maximum Gasteiger partial charge on any atom is 0.414 e. The zero-order valence-electron chi connectivity index (χ0n) is 14.1. The quantitative estimate of drug-likeness (QED) is 0.870. The van der Waals surface area contributed by atoms with Gasteiger partial charge in [-0.05, 0) is 12.1 Å². The summed E-state index contributed by atoms with van der Waals surface area (Å²) in [6.45, 7) is 3.28. The average molecular weight is 366 g/mol. The molecule has 2 heterocycles. The number of nitrogens with zero attached hydrogens (tertiary/aromatic N) is 3. The van der Waals surface area contributed by atoms with Gasteiger partial charge in [0.05, 0.1) is 18.8 Å². The minimum absolute atomic E-state index is 0.00527. The van der Waals surface area contributed by atoms with Gasteiger partial charge in [-0.1, -0.05) is 12.1 Å². The van der Waals surface area contributed by atoms with Crippen molar-refractivity contribution >= 4 is 17.7 Å². The minimum Gasteiger partial charge on any atom is -0.442 e. The number of cyclic esters (lactones) is 1. The Morgan fingerprint density at radius 2 is 2.08 bits per heavy atom. The Labute approximate surface area is 147 Å². The second-order valence-electron chi connectivity index (χ2n) is 5.71. The standard InChI is InChI=1S/C16H16F2N4O4/c1-3-13-20-15(26-21-13)14-11(17)4-9(5-12(14)18)22-7-10(25-16(22)24)6-19-8(2)23/h4-5,10H,3,6-7H2,1-2H3,(H,19,23). The molecule has 1 saturated heterocycles. The average Bonchev–Trinajstić information content (AvgIpc) is 3.19. The molecule has 0 aliphatic carbocycles. The Kier molecular flexibility index (Phi) is 4.83. The van der Waals surface area contributed by atoms with Gasteiger partial charge in [0.25, 0.3) is 5.89 Å². The predicted molar refractivity (Wildman–Crippen MR) is 85.3 cm³/mol. The maximum absolute atomic E-state index is 14.4. The SMILES string of the molecule is CCc1noc(-c2c(F)cc(N3CC(CNC(C)=O)OC3=O)cc2F)n1. The van der Waals surface area contributed by atoms with E-state index < -0.39 is 29.4 Å². The number of aromatic nitrogens is 2. The number of nitrogens with one attached hydrogen (secondary N) is 1. The highest BCUT2D eigenvalue weighted by atomic mass is 19.1. The van der Waals surface area contributed by atoms with Crippen LogP contribution in [0.2, 0.25) is 0 Å². The van der Waals surface area contributed by atoms with Gasteiger partial charge in [-0.15, -0.1) is 0 Å². The van der Waals surface area contributed by atoms with E-state index in [2.05, 4.69) is 15.5 Å². The second kappa shape index (κ2) is 7.06. The molecule has 1 atom stereocenters. The van der Waals surface area contributed by atoms with Crippen molar-refractivity contribution in [2.75, 3.05) is 18.0 Å². The molecule has 8 nitrogen and oxygen atoms in total. The number of carbonyl (C=O) groups is 2. The number of aryl methyl sites for hydroxylation is 1. The molecule has 1 unspecified atom stereocenters. The Hall–Kier alpha value is -3.04. The van der Waals surface area contributed by atoms with Crippen LogP contribution in [0.4, 0.5) is 19.3 Å². The number of hydrogen-bond acceptors (Lipinski definition) is 6. The van der Waals surface area contributed by atoms with Crippen molar-refractivity contribution < 1.29 is 27.6 Å². The van der Waals surface area contributed by atoms with Gasteiger partial charge < -0.3 is 14.6 Å². The lowest BCUT2D eigenvalue weighted by molar-refractivity contribution is -0.119. The van der Waals surface area contributed by atoms with Gasteiger partial charge >= 0.3 is 6.09 Å². The molecule has 26 heavy (non-hydrogen) atoms. The van der Waals surface area contributed by atoms with Gasteiger partial charge in [0, 0.05) is 13.3 Å². The summed E-state index contributed by atoms with van der Waals surface area (Å²) in [7, 11) is 0. The van der Waals surface area contributed by atoms with E-state index in [9.17, 15) is 18.4 Å². The first-order valence-electron chi connectivity index (χ1n) is 7.93. The molecule has 3 rings (SSSR count). The molecule has 10 heteroatoms. The first-order valence-corrected chi connectivity index (χ1v) is 7.93. The lowest BCUT2D eigenvalue weighted by Gasteiger charge is -2.14. The van der Waals surface area contributed by atoms with Crippen LogP contribution in [0, 0.1) is 11.6 Å². The summed E-state index contributed by atoms with van der Waals surface area (Å²) >= 11 is 0. The molecule has 1 N–H and O–H groups in total. The van der Waals surface area contributed by atoms with E-state index in [0.29, 0.717) is 12.2 Å².